The molecule has 5 rings (SSSR count). The van der Waals surface area contributed by atoms with Crippen molar-refractivity contribution in [3.05, 3.63) is 63.4 Å². The standard InChI is InChI=1S/C23H24N4O5S/c1-14-9-15(2)18-11-16(23(28)24-20(18)10-14)12-27(13-17-5-4-8-31-17)33(29,30)21-7-3-6-19-22(21)26-32-25-19/h3,6-7,9-11,17H,4-5,8,12-13H2,1-2H3,(H,24,28). The number of aromatic amines is 1. The molecule has 0 radical (unpaired) electrons. The summed E-state index contributed by atoms with van der Waals surface area (Å²) < 4.78 is 39.3. The second kappa shape index (κ2) is 8.36. The minimum absolute atomic E-state index is 0.0109. The average Bonchev–Trinajstić information content (AvgIpc) is 3.45. The first kappa shape index (κ1) is 21.7. The van der Waals surface area contributed by atoms with Gasteiger partial charge in [-0.25, -0.2) is 13.0 Å². The lowest BCUT2D eigenvalue weighted by atomic mass is 10.0. The SMILES string of the molecule is Cc1cc(C)c2cc(CN(CC3CCCO3)S(=O)(=O)c3cccc4nonc34)c(=O)[nH]c2c1. The quantitative estimate of drug-likeness (QED) is 0.462. The van der Waals surface area contributed by atoms with Gasteiger partial charge in [0.1, 0.15) is 10.4 Å². The summed E-state index contributed by atoms with van der Waals surface area (Å²) in [6.45, 7) is 4.57. The Hall–Kier alpha value is -3.08. The molecule has 4 aromatic rings. The molecule has 0 amide bonds. The maximum Gasteiger partial charge on any atom is 0.252 e. The van der Waals surface area contributed by atoms with Gasteiger partial charge in [-0.05, 0) is 72.4 Å². The Kier molecular flexibility index (Phi) is 5.51. The summed E-state index contributed by atoms with van der Waals surface area (Å²) in [7, 11) is -4.03. The van der Waals surface area contributed by atoms with Crippen molar-refractivity contribution in [2.75, 3.05) is 13.2 Å². The molecule has 10 heteroatoms. The van der Waals surface area contributed by atoms with Gasteiger partial charge in [-0.2, -0.15) is 4.31 Å². The summed E-state index contributed by atoms with van der Waals surface area (Å²) >= 11 is 0. The smallest absolute Gasteiger partial charge is 0.252 e. The summed E-state index contributed by atoms with van der Waals surface area (Å²) in [6.07, 6.45) is 1.39. The number of sulfonamides is 1. The zero-order valence-corrected chi connectivity index (χ0v) is 19.2. The molecule has 1 aliphatic heterocycles. The van der Waals surface area contributed by atoms with Gasteiger partial charge >= 0.3 is 0 Å². The number of nitrogens with zero attached hydrogens (tertiary/aromatic N) is 3. The fourth-order valence-electron chi connectivity index (χ4n) is 4.42. The van der Waals surface area contributed by atoms with Crippen molar-refractivity contribution in [2.24, 2.45) is 0 Å². The molecule has 1 fully saturated rings. The van der Waals surface area contributed by atoms with E-state index >= 15 is 0 Å². The summed E-state index contributed by atoms with van der Waals surface area (Å²) in [5, 5.41) is 8.43. The van der Waals surface area contributed by atoms with Gasteiger partial charge in [0.05, 0.1) is 6.10 Å². The molecule has 0 bridgehead atoms. The van der Waals surface area contributed by atoms with E-state index in [9.17, 15) is 13.2 Å². The number of rotatable bonds is 6. The van der Waals surface area contributed by atoms with Crippen LogP contribution < -0.4 is 5.56 Å². The van der Waals surface area contributed by atoms with Crippen LogP contribution in [0.2, 0.25) is 0 Å². The van der Waals surface area contributed by atoms with E-state index in [4.69, 9.17) is 9.37 Å². The number of H-pyrrole nitrogens is 1. The molecule has 0 saturated carbocycles. The minimum Gasteiger partial charge on any atom is -0.377 e. The zero-order valence-electron chi connectivity index (χ0n) is 18.4. The van der Waals surface area contributed by atoms with Gasteiger partial charge in [-0.15, -0.1) is 0 Å². The second-order valence-corrected chi connectivity index (χ2v) is 10.4. The van der Waals surface area contributed by atoms with Gasteiger partial charge in [0.15, 0.2) is 5.52 Å². The van der Waals surface area contributed by atoms with E-state index in [1.165, 1.54) is 10.4 Å². The molecule has 3 heterocycles. The van der Waals surface area contributed by atoms with Gasteiger partial charge in [0, 0.05) is 36.2 Å². The Morgan fingerprint density at radius 3 is 2.82 bits per heavy atom. The fourth-order valence-corrected chi connectivity index (χ4v) is 6.00. The van der Waals surface area contributed by atoms with Crippen molar-refractivity contribution in [1.29, 1.82) is 0 Å². The van der Waals surface area contributed by atoms with Crippen LogP contribution in [-0.4, -0.2) is 47.3 Å². The van der Waals surface area contributed by atoms with Crippen molar-refractivity contribution in [1.82, 2.24) is 19.6 Å². The van der Waals surface area contributed by atoms with Gasteiger partial charge in [0.25, 0.3) is 5.56 Å². The first-order valence-electron chi connectivity index (χ1n) is 10.8. The van der Waals surface area contributed by atoms with Gasteiger partial charge < -0.3 is 9.72 Å². The lowest BCUT2D eigenvalue weighted by Gasteiger charge is -2.25. The van der Waals surface area contributed by atoms with Crippen molar-refractivity contribution in [3.8, 4) is 0 Å². The highest BCUT2D eigenvalue weighted by Crippen LogP contribution is 2.27. The highest BCUT2D eigenvalue weighted by atomic mass is 32.2. The predicted octanol–water partition coefficient (Wildman–Crippen LogP) is 3.05. The third-order valence-corrected chi connectivity index (χ3v) is 7.88. The number of aromatic nitrogens is 3. The molecule has 0 spiro atoms. The summed E-state index contributed by atoms with van der Waals surface area (Å²) in [4.78, 5) is 15.8. The fraction of sp³-hybridized carbons (Fsp3) is 0.348. The molecule has 1 atom stereocenters. The first-order valence-corrected chi connectivity index (χ1v) is 12.2. The Balaban J connectivity index is 1.59. The number of pyridine rings is 1. The van der Waals surface area contributed by atoms with E-state index in [1.54, 1.807) is 18.2 Å². The number of benzene rings is 2. The van der Waals surface area contributed by atoms with E-state index in [1.807, 2.05) is 26.0 Å². The van der Waals surface area contributed by atoms with Crippen LogP contribution >= 0.6 is 0 Å². The van der Waals surface area contributed by atoms with Crippen molar-refractivity contribution in [2.45, 2.75) is 44.2 Å². The Morgan fingerprint density at radius 2 is 2.03 bits per heavy atom. The largest absolute Gasteiger partial charge is 0.377 e. The number of hydrogen-bond acceptors (Lipinski definition) is 7. The van der Waals surface area contributed by atoms with E-state index in [-0.39, 0.29) is 35.2 Å². The highest BCUT2D eigenvalue weighted by molar-refractivity contribution is 7.89. The molecule has 1 N–H and O–H groups in total. The van der Waals surface area contributed by atoms with Crippen molar-refractivity contribution < 1.29 is 17.8 Å². The van der Waals surface area contributed by atoms with Gasteiger partial charge in [-0.3, -0.25) is 4.79 Å². The average molecular weight is 469 g/mol. The van der Waals surface area contributed by atoms with Gasteiger partial charge in [-0.1, -0.05) is 12.1 Å². The van der Waals surface area contributed by atoms with E-state index < -0.39 is 10.0 Å². The monoisotopic (exact) mass is 468 g/mol. The third-order valence-electron chi connectivity index (χ3n) is 6.03. The van der Waals surface area contributed by atoms with Crippen LogP contribution in [-0.2, 0) is 21.3 Å². The van der Waals surface area contributed by atoms with E-state index in [2.05, 4.69) is 15.3 Å². The Morgan fingerprint density at radius 1 is 1.18 bits per heavy atom. The Labute approximate surface area is 190 Å². The van der Waals surface area contributed by atoms with Crippen LogP contribution in [0.4, 0.5) is 0 Å². The lowest BCUT2D eigenvalue weighted by Crippen LogP contribution is -2.38. The van der Waals surface area contributed by atoms with Crippen LogP contribution in [0.3, 0.4) is 0 Å². The van der Waals surface area contributed by atoms with Crippen LogP contribution in [0.1, 0.15) is 29.5 Å². The molecular weight excluding hydrogens is 444 g/mol. The zero-order chi connectivity index (χ0) is 23.2. The molecule has 9 nitrogen and oxygen atoms in total. The third kappa shape index (κ3) is 4.05. The molecule has 33 heavy (non-hydrogen) atoms. The number of hydrogen-bond donors (Lipinski definition) is 1. The topological polar surface area (TPSA) is 118 Å². The summed E-state index contributed by atoms with van der Waals surface area (Å²) in [5.74, 6) is 0. The molecule has 1 aliphatic rings. The molecule has 2 aromatic heterocycles. The van der Waals surface area contributed by atoms with E-state index in [0.717, 1.165) is 34.9 Å². The summed E-state index contributed by atoms with van der Waals surface area (Å²) in [5.41, 5.74) is 3.34. The molecule has 0 aliphatic carbocycles. The van der Waals surface area contributed by atoms with Crippen LogP contribution in [0, 0.1) is 13.8 Å². The van der Waals surface area contributed by atoms with Crippen LogP contribution in [0.5, 0.6) is 0 Å². The number of ether oxygens (including phenoxy) is 1. The Bertz CT molecular complexity index is 1500. The number of fused-ring (bicyclic) bond motifs is 2. The minimum atomic E-state index is -4.03. The highest BCUT2D eigenvalue weighted by Gasteiger charge is 2.32. The van der Waals surface area contributed by atoms with E-state index in [0.29, 0.717) is 17.7 Å². The maximum absolute atomic E-state index is 13.8. The summed E-state index contributed by atoms with van der Waals surface area (Å²) in [6, 6.07) is 10.4. The van der Waals surface area contributed by atoms with Crippen LogP contribution in [0.15, 0.2) is 50.7 Å². The predicted molar refractivity (Wildman–Crippen MR) is 122 cm³/mol. The molecule has 172 valence electrons. The van der Waals surface area contributed by atoms with Crippen molar-refractivity contribution >= 4 is 32.0 Å². The van der Waals surface area contributed by atoms with Gasteiger partial charge in [0.2, 0.25) is 10.0 Å². The number of aryl methyl sites for hydroxylation is 2. The normalized spacial score (nSPS) is 16.9. The molecule has 1 unspecified atom stereocenters. The van der Waals surface area contributed by atoms with Crippen LogP contribution in [0.25, 0.3) is 21.9 Å². The number of nitrogens with one attached hydrogen (secondary N) is 1. The molecule has 2 aromatic carbocycles. The molecular formula is C23H24N4O5S. The first-order chi connectivity index (χ1) is 15.8. The van der Waals surface area contributed by atoms with Crippen molar-refractivity contribution in [3.63, 3.8) is 0 Å². The molecule has 1 saturated heterocycles. The lowest BCUT2D eigenvalue weighted by molar-refractivity contribution is 0.0925. The maximum atomic E-state index is 13.8. The second-order valence-electron chi connectivity index (χ2n) is 8.49.